The van der Waals surface area contributed by atoms with Gasteiger partial charge in [0.1, 0.15) is 0 Å². The van der Waals surface area contributed by atoms with Crippen molar-refractivity contribution in [3.63, 3.8) is 0 Å². The van der Waals surface area contributed by atoms with Crippen LogP contribution in [-0.4, -0.2) is 32.3 Å². The van der Waals surface area contributed by atoms with Crippen LogP contribution in [0.5, 0.6) is 0 Å². The van der Waals surface area contributed by atoms with Crippen molar-refractivity contribution in [2.45, 2.75) is 13.3 Å². The van der Waals surface area contributed by atoms with E-state index in [0.717, 1.165) is 13.0 Å². The van der Waals surface area contributed by atoms with Crippen LogP contribution in [0.15, 0.2) is 16.5 Å². The van der Waals surface area contributed by atoms with Gasteiger partial charge in [-0.2, -0.15) is 0 Å². The second-order valence-corrected chi connectivity index (χ2v) is 4.61. The maximum absolute atomic E-state index is 11.7. The van der Waals surface area contributed by atoms with E-state index < -0.39 is 0 Å². The molecule has 2 heterocycles. The van der Waals surface area contributed by atoms with Gasteiger partial charge in [0.05, 0.1) is 5.41 Å². The molecule has 1 fully saturated rings. The average molecular weight is 236 g/mol. The van der Waals surface area contributed by atoms with Crippen molar-refractivity contribution in [2.24, 2.45) is 5.41 Å². The predicted octanol–water partition coefficient (Wildman–Crippen LogP) is 1.05. The molecule has 1 atom stereocenters. The highest BCUT2D eigenvalue weighted by atomic mass is 16.4. The lowest BCUT2D eigenvalue weighted by Crippen LogP contribution is -2.39. The fourth-order valence-corrected chi connectivity index (χ4v) is 2.21. The number of aldehydes is 1. The summed E-state index contributed by atoms with van der Waals surface area (Å²) in [4.78, 5) is 24.3. The lowest BCUT2D eigenvalue weighted by atomic mass is 9.89. The first-order valence-corrected chi connectivity index (χ1v) is 5.61. The minimum atomic E-state index is -0.386. The minimum absolute atomic E-state index is 0.0437. The molecule has 1 aliphatic rings. The Bertz CT molecular complexity index is 441. The molecule has 17 heavy (non-hydrogen) atoms. The predicted molar refractivity (Wildman–Crippen MR) is 63.1 cm³/mol. The van der Waals surface area contributed by atoms with Crippen molar-refractivity contribution in [1.29, 1.82) is 0 Å². The molecule has 0 aliphatic carbocycles. The van der Waals surface area contributed by atoms with E-state index in [0.29, 0.717) is 24.5 Å². The Labute approximate surface area is 99.8 Å². The third-order valence-corrected chi connectivity index (χ3v) is 3.29. The van der Waals surface area contributed by atoms with E-state index in [4.69, 9.17) is 4.42 Å². The fraction of sp³-hybridized carbons (Fsp3) is 0.500. The molecule has 0 spiro atoms. The largest absolute Gasteiger partial charge is 0.438 e. The van der Waals surface area contributed by atoms with E-state index in [9.17, 15) is 9.59 Å². The second kappa shape index (κ2) is 4.24. The van der Waals surface area contributed by atoms with E-state index in [2.05, 4.69) is 5.32 Å². The Hall–Kier alpha value is -1.78. The van der Waals surface area contributed by atoms with Crippen molar-refractivity contribution in [3.8, 4) is 0 Å². The van der Waals surface area contributed by atoms with Crippen LogP contribution >= 0.6 is 0 Å². The number of anilines is 1. The van der Waals surface area contributed by atoms with Crippen molar-refractivity contribution >= 4 is 18.1 Å². The van der Waals surface area contributed by atoms with Crippen LogP contribution in [0, 0.1) is 5.41 Å². The molecule has 5 nitrogen and oxygen atoms in total. The molecule has 1 saturated heterocycles. The zero-order valence-electron chi connectivity index (χ0n) is 10.0. The molecule has 1 aromatic rings. The number of amides is 1. The zero-order valence-corrected chi connectivity index (χ0v) is 10.0. The van der Waals surface area contributed by atoms with Crippen LogP contribution in [0.25, 0.3) is 0 Å². The van der Waals surface area contributed by atoms with Gasteiger partial charge >= 0.3 is 0 Å². The summed E-state index contributed by atoms with van der Waals surface area (Å²) in [6, 6.07) is 3.40. The van der Waals surface area contributed by atoms with Gasteiger partial charge in [-0.25, -0.2) is 0 Å². The monoisotopic (exact) mass is 236 g/mol. The van der Waals surface area contributed by atoms with Gasteiger partial charge in [0.25, 0.3) is 0 Å². The Morgan fingerprint density at radius 1 is 1.59 bits per heavy atom. The van der Waals surface area contributed by atoms with Crippen molar-refractivity contribution in [2.75, 3.05) is 25.0 Å². The molecule has 92 valence electrons. The number of hydrogen-bond acceptors (Lipinski definition) is 4. The zero-order chi connectivity index (χ0) is 12.5. The quantitative estimate of drug-likeness (QED) is 0.797. The van der Waals surface area contributed by atoms with Gasteiger partial charge < -0.3 is 14.6 Å². The summed E-state index contributed by atoms with van der Waals surface area (Å²) in [6.07, 6.45) is 1.46. The van der Waals surface area contributed by atoms with Crippen LogP contribution in [0.1, 0.15) is 23.9 Å². The summed E-state index contributed by atoms with van der Waals surface area (Å²) in [5.74, 6) is 1.01. The smallest absolute Gasteiger partial charge is 0.227 e. The molecular weight excluding hydrogens is 220 g/mol. The lowest BCUT2D eigenvalue weighted by molar-refractivity contribution is -0.128. The normalized spacial score (nSPS) is 23.8. The Balaban J connectivity index is 2.12. The summed E-state index contributed by atoms with van der Waals surface area (Å²) in [5.41, 5.74) is -0.386. The second-order valence-electron chi connectivity index (χ2n) is 4.61. The van der Waals surface area contributed by atoms with Gasteiger partial charge in [0.2, 0.25) is 5.91 Å². The summed E-state index contributed by atoms with van der Waals surface area (Å²) in [7, 11) is 1.65. The Morgan fingerprint density at radius 2 is 2.35 bits per heavy atom. The molecular formula is C12H16N2O3. The number of nitrogens with zero attached hydrogens (tertiary/aromatic N) is 1. The molecule has 1 unspecified atom stereocenters. The number of rotatable bonds is 3. The van der Waals surface area contributed by atoms with Crippen LogP contribution < -0.4 is 10.2 Å². The number of carbonyl (C=O) groups is 2. The topological polar surface area (TPSA) is 62.6 Å². The van der Waals surface area contributed by atoms with Gasteiger partial charge in [-0.15, -0.1) is 0 Å². The highest BCUT2D eigenvalue weighted by molar-refractivity contribution is 5.83. The highest BCUT2D eigenvalue weighted by Gasteiger charge is 2.40. The molecule has 1 N–H and O–H groups in total. The van der Waals surface area contributed by atoms with Gasteiger partial charge in [-0.1, -0.05) is 0 Å². The third kappa shape index (κ3) is 2.05. The molecule has 1 aromatic heterocycles. The first-order valence-electron chi connectivity index (χ1n) is 5.61. The molecule has 5 heteroatoms. The summed E-state index contributed by atoms with van der Waals surface area (Å²) in [6.45, 7) is 3.31. The first kappa shape index (κ1) is 11.7. The molecule has 0 saturated carbocycles. The van der Waals surface area contributed by atoms with E-state index in [-0.39, 0.29) is 11.3 Å². The minimum Gasteiger partial charge on any atom is -0.438 e. The number of furan rings is 1. The summed E-state index contributed by atoms with van der Waals surface area (Å²) >= 11 is 0. The SMILES string of the molecule is CNC(=O)C1(C)CCN(c2ccc(C=O)o2)C1. The number of nitrogens with one attached hydrogen (secondary N) is 1. The molecule has 1 amide bonds. The van der Waals surface area contributed by atoms with E-state index in [1.807, 2.05) is 11.8 Å². The molecule has 2 rings (SSSR count). The van der Waals surface area contributed by atoms with Crippen molar-refractivity contribution < 1.29 is 14.0 Å². The maximum Gasteiger partial charge on any atom is 0.227 e. The van der Waals surface area contributed by atoms with E-state index >= 15 is 0 Å². The van der Waals surface area contributed by atoms with Crippen LogP contribution in [0.4, 0.5) is 5.88 Å². The van der Waals surface area contributed by atoms with Crippen molar-refractivity contribution in [3.05, 3.63) is 17.9 Å². The molecule has 0 aromatic carbocycles. The van der Waals surface area contributed by atoms with Crippen LogP contribution in [0.3, 0.4) is 0 Å². The fourth-order valence-electron chi connectivity index (χ4n) is 2.21. The van der Waals surface area contributed by atoms with E-state index in [1.54, 1.807) is 19.2 Å². The first-order chi connectivity index (χ1) is 8.09. The number of hydrogen-bond donors (Lipinski definition) is 1. The third-order valence-electron chi connectivity index (χ3n) is 3.29. The average Bonchev–Trinajstić information content (AvgIpc) is 2.94. The molecule has 0 bridgehead atoms. The van der Waals surface area contributed by atoms with Crippen LogP contribution in [-0.2, 0) is 4.79 Å². The summed E-state index contributed by atoms with van der Waals surface area (Å²) < 4.78 is 5.35. The highest BCUT2D eigenvalue weighted by Crippen LogP contribution is 2.33. The van der Waals surface area contributed by atoms with Gasteiger partial charge in [-0.3, -0.25) is 9.59 Å². The van der Waals surface area contributed by atoms with Gasteiger partial charge in [0.15, 0.2) is 17.9 Å². The lowest BCUT2D eigenvalue weighted by Gasteiger charge is -2.22. The van der Waals surface area contributed by atoms with Gasteiger partial charge in [-0.05, 0) is 19.4 Å². The van der Waals surface area contributed by atoms with Crippen molar-refractivity contribution in [1.82, 2.24) is 5.32 Å². The van der Waals surface area contributed by atoms with Crippen LogP contribution in [0.2, 0.25) is 0 Å². The standard InChI is InChI=1S/C12H16N2O3/c1-12(11(16)13-2)5-6-14(8-12)10-4-3-9(7-15)17-10/h3-4,7H,5-6,8H2,1-2H3,(H,13,16). The van der Waals surface area contributed by atoms with E-state index in [1.165, 1.54) is 0 Å². The number of carbonyl (C=O) groups excluding carboxylic acids is 2. The summed E-state index contributed by atoms with van der Waals surface area (Å²) in [5, 5.41) is 2.68. The Morgan fingerprint density at radius 3 is 2.94 bits per heavy atom. The molecule has 0 radical (unpaired) electrons. The maximum atomic E-state index is 11.7. The van der Waals surface area contributed by atoms with Gasteiger partial charge in [0, 0.05) is 26.2 Å². The molecule has 1 aliphatic heterocycles. The Kier molecular flexibility index (Phi) is 2.92.